The van der Waals surface area contributed by atoms with Gasteiger partial charge in [0.1, 0.15) is 0 Å². The molecule has 2 fully saturated rings. The van der Waals surface area contributed by atoms with Crippen molar-refractivity contribution in [3.8, 4) is 0 Å². The average molecular weight is 128 g/mol. The molecule has 0 aromatic heterocycles. The summed E-state index contributed by atoms with van der Waals surface area (Å²) in [6, 6.07) is 0. The van der Waals surface area contributed by atoms with Crippen LogP contribution in [0.2, 0.25) is 0 Å². The molecule has 3 nitrogen and oxygen atoms in total. The first-order chi connectivity index (χ1) is 4.31. The van der Waals surface area contributed by atoms with Gasteiger partial charge in [0.2, 0.25) is 0 Å². The summed E-state index contributed by atoms with van der Waals surface area (Å²) in [5.74, 6) is 5.60. The Kier molecular flexibility index (Phi) is 1.06. The number of hydrogen-bond donors (Lipinski definition) is 1. The Balaban J connectivity index is 1.96. The molecular formula is C6H12N2O. The Bertz CT molecular complexity index is 122. The monoisotopic (exact) mass is 128 g/mol. The van der Waals surface area contributed by atoms with Crippen LogP contribution in [0.25, 0.3) is 0 Å². The van der Waals surface area contributed by atoms with E-state index in [0.29, 0.717) is 0 Å². The van der Waals surface area contributed by atoms with Crippen LogP contribution in [0.1, 0.15) is 12.8 Å². The number of hydrazine groups is 1. The van der Waals surface area contributed by atoms with Crippen molar-refractivity contribution in [2.75, 3.05) is 19.7 Å². The first-order valence-electron chi connectivity index (χ1n) is 3.44. The minimum absolute atomic E-state index is 0.201. The second kappa shape index (κ2) is 1.68. The van der Waals surface area contributed by atoms with E-state index in [-0.39, 0.29) is 5.60 Å². The molecule has 0 radical (unpaired) electrons. The molecule has 0 unspecified atom stereocenters. The van der Waals surface area contributed by atoms with Gasteiger partial charge in [-0.1, -0.05) is 0 Å². The van der Waals surface area contributed by atoms with Crippen LogP contribution >= 0.6 is 0 Å². The standard InChI is InChI=1S/C6H12N2O/c7-8-3-4-9-6(5-8)1-2-6/h1-5,7H2. The van der Waals surface area contributed by atoms with Gasteiger partial charge in [0.15, 0.2) is 0 Å². The Labute approximate surface area is 54.7 Å². The third kappa shape index (κ3) is 0.956. The number of hydrogen-bond acceptors (Lipinski definition) is 3. The lowest BCUT2D eigenvalue weighted by Gasteiger charge is -2.29. The van der Waals surface area contributed by atoms with Crippen LogP contribution in [0.3, 0.4) is 0 Å². The second-order valence-electron chi connectivity index (χ2n) is 3.00. The van der Waals surface area contributed by atoms with Crippen molar-refractivity contribution in [3.63, 3.8) is 0 Å². The SMILES string of the molecule is NN1CCOC2(CC2)C1. The molecule has 1 aliphatic carbocycles. The zero-order valence-electron chi connectivity index (χ0n) is 5.47. The lowest BCUT2D eigenvalue weighted by atomic mass is 10.3. The maximum atomic E-state index is 5.60. The van der Waals surface area contributed by atoms with Gasteiger partial charge >= 0.3 is 0 Å². The number of ether oxygens (including phenoxy) is 1. The molecule has 2 aliphatic rings. The zero-order chi connectivity index (χ0) is 6.32. The Hall–Kier alpha value is -0.120. The highest BCUT2D eigenvalue weighted by Crippen LogP contribution is 2.41. The highest BCUT2D eigenvalue weighted by molar-refractivity contribution is 4.99. The second-order valence-corrected chi connectivity index (χ2v) is 3.00. The molecule has 0 amide bonds. The first-order valence-corrected chi connectivity index (χ1v) is 3.44. The van der Waals surface area contributed by atoms with Crippen molar-refractivity contribution < 1.29 is 4.74 Å². The fourth-order valence-electron chi connectivity index (χ4n) is 1.32. The summed E-state index contributed by atoms with van der Waals surface area (Å²) in [6.07, 6.45) is 2.42. The van der Waals surface area contributed by atoms with Gasteiger partial charge in [-0.15, -0.1) is 0 Å². The largest absolute Gasteiger partial charge is 0.372 e. The molecule has 0 aromatic rings. The molecular weight excluding hydrogens is 116 g/mol. The molecule has 0 bridgehead atoms. The van der Waals surface area contributed by atoms with Crippen molar-refractivity contribution in [1.29, 1.82) is 0 Å². The van der Waals surface area contributed by atoms with Gasteiger partial charge in [-0.25, -0.2) is 5.01 Å². The highest BCUT2D eigenvalue weighted by atomic mass is 16.5. The van der Waals surface area contributed by atoms with Crippen LogP contribution in [-0.4, -0.2) is 30.3 Å². The quantitative estimate of drug-likeness (QED) is 0.456. The molecule has 2 rings (SSSR count). The minimum atomic E-state index is 0.201. The first kappa shape index (κ1) is 5.65. The number of rotatable bonds is 0. The number of morpholine rings is 1. The van der Waals surface area contributed by atoms with E-state index >= 15 is 0 Å². The van der Waals surface area contributed by atoms with Crippen LogP contribution in [-0.2, 0) is 4.74 Å². The molecule has 1 aliphatic heterocycles. The van der Waals surface area contributed by atoms with Gasteiger partial charge in [0, 0.05) is 13.1 Å². The molecule has 2 N–H and O–H groups in total. The van der Waals surface area contributed by atoms with Gasteiger partial charge in [0.25, 0.3) is 0 Å². The molecule has 1 saturated heterocycles. The van der Waals surface area contributed by atoms with E-state index in [2.05, 4.69) is 0 Å². The molecule has 1 saturated carbocycles. The van der Waals surface area contributed by atoms with Crippen molar-refractivity contribution in [2.45, 2.75) is 18.4 Å². The van der Waals surface area contributed by atoms with E-state index in [1.807, 2.05) is 5.01 Å². The summed E-state index contributed by atoms with van der Waals surface area (Å²) in [5.41, 5.74) is 0.201. The molecule has 0 aromatic carbocycles. The molecule has 9 heavy (non-hydrogen) atoms. The van der Waals surface area contributed by atoms with E-state index in [1.165, 1.54) is 12.8 Å². The minimum Gasteiger partial charge on any atom is -0.372 e. The lowest BCUT2D eigenvalue weighted by Crippen LogP contribution is -2.47. The Morgan fingerprint density at radius 1 is 1.44 bits per heavy atom. The zero-order valence-corrected chi connectivity index (χ0v) is 5.47. The van der Waals surface area contributed by atoms with Gasteiger partial charge in [-0.05, 0) is 12.8 Å². The summed E-state index contributed by atoms with van der Waals surface area (Å²) in [4.78, 5) is 0. The summed E-state index contributed by atoms with van der Waals surface area (Å²) < 4.78 is 5.53. The smallest absolute Gasteiger partial charge is 0.0825 e. The van der Waals surface area contributed by atoms with Gasteiger partial charge in [-0.2, -0.15) is 0 Å². The predicted octanol–water partition coefficient (Wildman–Crippen LogP) is -0.275. The van der Waals surface area contributed by atoms with Crippen molar-refractivity contribution in [3.05, 3.63) is 0 Å². The van der Waals surface area contributed by atoms with Crippen molar-refractivity contribution in [1.82, 2.24) is 5.01 Å². The topological polar surface area (TPSA) is 38.5 Å². The summed E-state index contributed by atoms with van der Waals surface area (Å²) in [5, 5.41) is 1.86. The Morgan fingerprint density at radius 3 is 2.67 bits per heavy atom. The van der Waals surface area contributed by atoms with E-state index < -0.39 is 0 Å². The molecule has 1 spiro atoms. The third-order valence-corrected chi connectivity index (χ3v) is 2.09. The van der Waals surface area contributed by atoms with Crippen LogP contribution < -0.4 is 5.84 Å². The maximum Gasteiger partial charge on any atom is 0.0825 e. The normalized spacial score (nSPS) is 33.0. The van der Waals surface area contributed by atoms with Crippen LogP contribution in [0.5, 0.6) is 0 Å². The van der Waals surface area contributed by atoms with E-state index in [4.69, 9.17) is 10.6 Å². The number of nitrogens with two attached hydrogens (primary N) is 1. The van der Waals surface area contributed by atoms with Crippen molar-refractivity contribution >= 4 is 0 Å². The fraction of sp³-hybridized carbons (Fsp3) is 1.00. The van der Waals surface area contributed by atoms with E-state index in [1.54, 1.807) is 0 Å². The van der Waals surface area contributed by atoms with Gasteiger partial charge in [0.05, 0.1) is 12.2 Å². The van der Waals surface area contributed by atoms with Crippen LogP contribution in [0.15, 0.2) is 0 Å². The average Bonchev–Trinajstić information content (AvgIpc) is 2.49. The van der Waals surface area contributed by atoms with Gasteiger partial charge in [-0.3, -0.25) is 5.84 Å². The van der Waals surface area contributed by atoms with E-state index in [9.17, 15) is 0 Å². The van der Waals surface area contributed by atoms with Crippen molar-refractivity contribution in [2.24, 2.45) is 5.84 Å². The fourth-order valence-corrected chi connectivity index (χ4v) is 1.32. The maximum absolute atomic E-state index is 5.60. The summed E-state index contributed by atoms with van der Waals surface area (Å²) in [6.45, 7) is 2.64. The van der Waals surface area contributed by atoms with E-state index in [0.717, 1.165) is 19.7 Å². The van der Waals surface area contributed by atoms with Crippen LogP contribution in [0, 0.1) is 0 Å². The van der Waals surface area contributed by atoms with Crippen LogP contribution in [0.4, 0.5) is 0 Å². The number of nitrogens with zero attached hydrogens (tertiary/aromatic N) is 1. The summed E-state index contributed by atoms with van der Waals surface area (Å²) >= 11 is 0. The molecule has 52 valence electrons. The lowest BCUT2D eigenvalue weighted by molar-refractivity contribution is -0.0463. The third-order valence-electron chi connectivity index (χ3n) is 2.09. The molecule has 0 atom stereocenters. The van der Waals surface area contributed by atoms with Gasteiger partial charge < -0.3 is 4.74 Å². The molecule has 1 heterocycles. The summed E-state index contributed by atoms with van der Waals surface area (Å²) in [7, 11) is 0. The predicted molar refractivity (Wildman–Crippen MR) is 33.7 cm³/mol. The Morgan fingerprint density at radius 2 is 2.22 bits per heavy atom. The molecule has 3 heteroatoms. The highest BCUT2D eigenvalue weighted by Gasteiger charge is 2.46.